The van der Waals surface area contributed by atoms with Gasteiger partial charge in [-0.1, -0.05) is 13.3 Å². The molecule has 0 bridgehead atoms. The number of carbonyl (C=O) groups is 1. The third kappa shape index (κ3) is 4.12. The first-order valence-corrected chi connectivity index (χ1v) is 10.2. The van der Waals surface area contributed by atoms with Crippen molar-refractivity contribution in [1.29, 1.82) is 0 Å². The lowest BCUT2D eigenvalue weighted by Crippen LogP contribution is -2.46. The molecular formula is C21H27NO4S. The zero-order chi connectivity index (χ0) is 19.4. The largest absolute Gasteiger partial charge is 0.497 e. The molecule has 0 spiro atoms. The summed E-state index contributed by atoms with van der Waals surface area (Å²) in [4.78, 5) is 16.5. The lowest BCUT2D eigenvalue weighted by molar-refractivity contribution is -0.145. The zero-order valence-corrected chi connectivity index (χ0v) is 16.9. The monoisotopic (exact) mass is 389 g/mol. The van der Waals surface area contributed by atoms with E-state index < -0.39 is 12.0 Å². The Labute approximate surface area is 164 Å². The molecule has 3 rings (SSSR count). The van der Waals surface area contributed by atoms with Crippen molar-refractivity contribution < 1.29 is 19.4 Å². The highest BCUT2D eigenvalue weighted by molar-refractivity contribution is 7.12. The van der Waals surface area contributed by atoms with Crippen LogP contribution in [-0.4, -0.2) is 42.8 Å². The third-order valence-corrected chi connectivity index (χ3v) is 6.48. The fraction of sp³-hybridized carbons (Fsp3) is 0.476. The van der Waals surface area contributed by atoms with Crippen LogP contribution >= 0.6 is 11.3 Å². The number of aryl methyl sites for hydroxylation is 1. The minimum Gasteiger partial charge on any atom is -0.497 e. The predicted octanol–water partition coefficient (Wildman–Crippen LogP) is 4.36. The van der Waals surface area contributed by atoms with E-state index in [4.69, 9.17) is 9.47 Å². The van der Waals surface area contributed by atoms with Gasteiger partial charge in [-0.25, -0.2) is 0 Å². The number of aliphatic carboxylic acids is 1. The number of piperidine rings is 1. The SMILES string of the molecule is CCc1ccc(C(c2ccc(OC)cc2OC)N2CCCCC2C(=O)O)s1. The van der Waals surface area contributed by atoms with Gasteiger partial charge in [-0.3, -0.25) is 9.69 Å². The summed E-state index contributed by atoms with van der Waals surface area (Å²) in [5.41, 5.74) is 0.982. The summed E-state index contributed by atoms with van der Waals surface area (Å²) in [5, 5.41) is 9.82. The van der Waals surface area contributed by atoms with Crippen LogP contribution in [0.2, 0.25) is 0 Å². The van der Waals surface area contributed by atoms with Crippen molar-refractivity contribution in [3.8, 4) is 11.5 Å². The van der Waals surface area contributed by atoms with E-state index in [-0.39, 0.29) is 6.04 Å². The number of rotatable bonds is 7. The van der Waals surface area contributed by atoms with Gasteiger partial charge >= 0.3 is 5.97 Å². The summed E-state index contributed by atoms with van der Waals surface area (Å²) in [5.74, 6) is 0.697. The number of thiophene rings is 1. The van der Waals surface area contributed by atoms with E-state index >= 15 is 0 Å². The molecule has 1 aromatic heterocycles. The van der Waals surface area contributed by atoms with Crippen LogP contribution in [0.4, 0.5) is 0 Å². The summed E-state index contributed by atoms with van der Waals surface area (Å²) in [6.07, 6.45) is 3.60. The molecule has 2 aromatic rings. The molecule has 2 heterocycles. The van der Waals surface area contributed by atoms with Gasteiger partial charge in [0.2, 0.25) is 0 Å². The molecule has 0 radical (unpaired) electrons. The van der Waals surface area contributed by atoms with Crippen LogP contribution in [0.3, 0.4) is 0 Å². The Morgan fingerprint density at radius 1 is 1.26 bits per heavy atom. The smallest absolute Gasteiger partial charge is 0.320 e. The molecule has 146 valence electrons. The average Bonchev–Trinajstić information content (AvgIpc) is 3.17. The number of hydrogen-bond donors (Lipinski definition) is 1. The first kappa shape index (κ1) is 19.7. The van der Waals surface area contributed by atoms with Crippen molar-refractivity contribution >= 4 is 17.3 Å². The van der Waals surface area contributed by atoms with E-state index in [0.29, 0.717) is 6.42 Å². The average molecular weight is 390 g/mol. The molecule has 0 saturated carbocycles. The van der Waals surface area contributed by atoms with Gasteiger partial charge < -0.3 is 14.6 Å². The van der Waals surface area contributed by atoms with E-state index in [2.05, 4.69) is 24.0 Å². The van der Waals surface area contributed by atoms with Gasteiger partial charge in [-0.15, -0.1) is 11.3 Å². The molecule has 1 saturated heterocycles. The lowest BCUT2D eigenvalue weighted by atomic mass is 9.94. The molecule has 27 heavy (non-hydrogen) atoms. The lowest BCUT2D eigenvalue weighted by Gasteiger charge is -2.39. The zero-order valence-electron chi connectivity index (χ0n) is 16.1. The van der Waals surface area contributed by atoms with Crippen molar-refractivity contribution in [2.45, 2.75) is 44.7 Å². The van der Waals surface area contributed by atoms with E-state index in [1.807, 2.05) is 18.2 Å². The Kier molecular flexibility index (Phi) is 6.39. The summed E-state index contributed by atoms with van der Waals surface area (Å²) < 4.78 is 11.0. The van der Waals surface area contributed by atoms with Gasteiger partial charge in [0.25, 0.3) is 0 Å². The van der Waals surface area contributed by atoms with Gasteiger partial charge in [-0.2, -0.15) is 0 Å². The van der Waals surface area contributed by atoms with E-state index in [1.54, 1.807) is 25.6 Å². The molecule has 1 N–H and O–H groups in total. The highest BCUT2D eigenvalue weighted by Gasteiger charge is 2.37. The van der Waals surface area contributed by atoms with Gasteiger partial charge in [0.1, 0.15) is 17.5 Å². The minimum atomic E-state index is -0.751. The van der Waals surface area contributed by atoms with Crippen molar-refractivity contribution in [3.63, 3.8) is 0 Å². The number of likely N-dealkylation sites (tertiary alicyclic amines) is 1. The standard InChI is InChI=1S/C21H27NO4S/c1-4-15-9-11-19(27-15)20(22-12-6-5-7-17(22)21(23)24)16-10-8-14(25-2)13-18(16)26-3/h8-11,13,17,20H,4-7,12H2,1-3H3,(H,23,24). The molecule has 0 aliphatic carbocycles. The summed E-state index contributed by atoms with van der Waals surface area (Å²) in [7, 11) is 3.27. The number of benzene rings is 1. The molecule has 0 amide bonds. The molecule has 1 aromatic carbocycles. The van der Waals surface area contributed by atoms with Crippen LogP contribution < -0.4 is 9.47 Å². The Morgan fingerprint density at radius 3 is 2.70 bits per heavy atom. The topological polar surface area (TPSA) is 59.0 Å². The van der Waals surface area contributed by atoms with E-state index in [9.17, 15) is 9.90 Å². The third-order valence-electron chi connectivity index (χ3n) is 5.20. The van der Waals surface area contributed by atoms with Crippen LogP contribution in [0.15, 0.2) is 30.3 Å². The Bertz CT molecular complexity index is 788. The first-order valence-electron chi connectivity index (χ1n) is 9.38. The van der Waals surface area contributed by atoms with Crippen molar-refractivity contribution in [1.82, 2.24) is 4.90 Å². The molecule has 2 unspecified atom stereocenters. The van der Waals surface area contributed by atoms with Crippen LogP contribution in [0, 0.1) is 0 Å². The number of methoxy groups -OCH3 is 2. The molecule has 1 fully saturated rings. The van der Waals surface area contributed by atoms with Gasteiger partial charge in [0.05, 0.1) is 20.3 Å². The van der Waals surface area contributed by atoms with E-state index in [0.717, 1.165) is 47.7 Å². The highest BCUT2D eigenvalue weighted by atomic mass is 32.1. The molecule has 6 heteroatoms. The summed E-state index contributed by atoms with van der Waals surface area (Å²) in [6.45, 7) is 2.90. The van der Waals surface area contributed by atoms with Gasteiger partial charge in [0, 0.05) is 21.4 Å². The predicted molar refractivity (Wildman–Crippen MR) is 107 cm³/mol. The summed E-state index contributed by atoms with van der Waals surface area (Å²) in [6, 6.07) is 9.44. The molecule has 2 atom stereocenters. The van der Waals surface area contributed by atoms with E-state index in [1.165, 1.54) is 4.88 Å². The molecule has 1 aliphatic rings. The highest BCUT2D eigenvalue weighted by Crippen LogP contribution is 2.42. The summed E-state index contributed by atoms with van der Waals surface area (Å²) >= 11 is 1.75. The van der Waals surface area contributed by atoms with Gasteiger partial charge in [-0.05, 0) is 50.1 Å². The van der Waals surface area contributed by atoms with Gasteiger partial charge in [0.15, 0.2) is 0 Å². The number of carboxylic acids is 1. The van der Waals surface area contributed by atoms with Crippen molar-refractivity contribution in [2.24, 2.45) is 0 Å². The molecular weight excluding hydrogens is 362 g/mol. The maximum Gasteiger partial charge on any atom is 0.320 e. The molecule has 1 aliphatic heterocycles. The number of ether oxygens (including phenoxy) is 2. The fourth-order valence-corrected chi connectivity index (χ4v) is 4.89. The van der Waals surface area contributed by atoms with Crippen LogP contribution in [0.25, 0.3) is 0 Å². The first-order chi connectivity index (χ1) is 13.1. The minimum absolute atomic E-state index is 0.141. The number of nitrogens with zero attached hydrogens (tertiary/aromatic N) is 1. The van der Waals surface area contributed by atoms with Crippen LogP contribution in [-0.2, 0) is 11.2 Å². The Morgan fingerprint density at radius 2 is 2.07 bits per heavy atom. The number of hydrogen-bond acceptors (Lipinski definition) is 5. The Hall–Kier alpha value is -2.05. The number of carboxylic acid groups (broad SMARTS) is 1. The van der Waals surface area contributed by atoms with Crippen LogP contribution in [0.1, 0.15) is 47.5 Å². The van der Waals surface area contributed by atoms with Crippen molar-refractivity contribution in [3.05, 3.63) is 45.6 Å². The quantitative estimate of drug-likeness (QED) is 0.763. The normalized spacial score (nSPS) is 18.9. The van der Waals surface area contributed by atoms with Crippen molar-refractivity contribution in [2.75, 3.05) is 20.8 Å². The Balaban J connectivity index is 2.11. The maximum atomic E-state index is 12.0. The second-order valence-electron chi connectivity index (χ2n) is 6.76. The fourth-order valence-electron chi connectivity index (χ4n) is 3.80. The second-order valence-corrected chi connectivity index (χ2v) is 7.96. The van der Waals surface area contributed by atoms with Crippen LogP contribution in [0.5, 0.6) is 11.5 Å². The molecule has 5 nitrogen and oxygen atoms in total. The second kappa shape index (κ2) is 8.76. The maximum absolute atomic E-state index is 12.0.